The maximum Gasteiger partial charge on any atom is 0.0233 e. The van der Waals surface area contributed by atoms with Crippen molar-refractivity contribution in [3.8, 4) is 0 Å². The Morgan fingerprint density at radius 3 is 2.14 bits per heavy atom. The molecule has 0 aliphatic heterocycles. The minimum Gasteiger partial charge on any atom is -0.314 e. The molecule has 0 aliphatic rings. The van der Waals surface area contributed by atoms with E-state index >= 15 is 0 Å². The molecule has 0 saturated carbocycles. The lowest BCUT2D eigenvalue weighted by molar-refractivity contribution is 0.131. The van der Waals surface area contributed by atoms with Crippen LogP contribution in [0.4, 0.5) is 0 Å². The van der Waals surface area contributed by atoms with Gasteiger partial charge in [0.2, 0.25) is 0 Å². The van der Waals surface area contributed by atoms with Crippen molar-refractivity contribution < 1.29 is 0 Å². The Kier molecular flexibility index (Phi) is 7.98. The van der Waals surface area contributed by atoms with E-state index in [2.05, 4.69) is 75.2 Å². The third kappa shape index (κ3) is 6.19. The van der Waals surface area contributed by atoms with Crippen LogP contribution in [-0.4, -0.2) is 30.6 Å². The van der Waals surface area contributed by atoms with Crippen LogP contribution in [0.25, 0.3) is 0 Å². The standard InChI is InChI=1S/C19H34N2/c1-6-19(7-2,15-20-17(4)5)16-21(8-3)14-18-12-10-9-11-13-18/h9-13,17,20H,6-8,14-16H2,1-5H3. The van der Waals surface area contributed by atoms with E-state index in [-0.39, 0.29) is 0 Å². The summed E-state index contributed by atoms with van der Waals surface area (Å²) in [7, 11) is 0. The van der Waals surface area contributed by atoms with E-state index in [0.29, 0.717) is 11.5 Å². The van der Waals surface area contributed by atoms with E-state index in [9.17, 15) is 0 Å². The molecule has 21 heavy (non-hydrogen) atoms. The highest BCUT2D eigenvalue weighted by Gasteiger charge is 2.28. The van der Waals surface area contributed by atoms with E-state index in [1.165, 1.54) is 24.9 Å². The van der Waals surface area contributed by atoms with Gasteiger partial charge in [-0.25, -0.2) is 0 Å². The quantitative estimate of drug-likeness (QED) is 0.690. The fraction of sp³-hybridized carbons (Fsp3) is 0.684. The van der Waals surface area contributed by atoms with Crippen LogP contribution in [0, 0.1) is 5.41 Å². The molecule has 1 rings (SSSR count). The van der Waals surface area contributed by atoms with Crippen molar-refractivity contribution in [2.75, 3.05) is 19.6 Å². The smallest absolute Gasteiger partial charge is 0.0233 e. The Balaban J connectivity index is 2.69. The highest BCUT2D eigenvalue weighted by atomic mass is 15.1. The number of nitrogens with one attached hydrogen (secondary N) is 1. The first-order valence-corrected chi connectivity index (χ1v) is 8.55. The van der Waals surface area contributed by atoms with Gasteiger partial charge in [-0.15, -0.1) is 0 Å². The van der Waals surface area contributed by atoms with Gasteiger partial charge < -0.3 is 5.32 Å². The second-order valence-corrected chi connectivity index (χ2v) is 6.53. The summed E-state index contributed by atoms with van der Waals surface area (Å²) >= 11 is 0. The van der Waals surface area contributed by atoms with Gasteiger partial charge in [-0.2, -0.15) is 0 Å². The Morgan fingerprint density at radius 2 is 1.67 bits per heavy atom. The summed E-state index contributed by atoms with van der Waals surface area (Å²) in [5.74, 6) is 0. The summed E-state index contributed by atoms with van der Waals surface area (Å²) in [6, 6.07) is 11.4. The molecule has 0 atom stereocenters. The number of nitrogens with zero attached hydrogens (tertiary/aromatic N) is 1. The van der Waals surface area contributed by atoms with Gasteiger partial charge in [-0.3, -0.25) is 4.90 Å². The predicted octanol–water partition coefficient (Wildman–Crippen LogP) is 4.31. The monoisotopic (exact) mass is 290 g/mol. The molecule has 0 heterocycles. The lowest BCUT2D eigenvalue weighted by atomic mass is 9.81. The zero-order valence-electron chi connectivity index (χ0n) is 14.7. The van der Waals surface area contributed by atoms with Crippen molar-refractivity contribution in [1.82, 2.24) is 10.2 Å². The lowest BCUT2D eigenvalue weighted by Crippen LogP contribution is -2.45. The highest BCUT2D eigenvalue weighted by molar-refractivity contribution is 5.14. The molecule has 2 heteroatoms. The van der Waals surface area contributed by atoms with Crippen LogP contribution in [0.2, 0.25) is 0 Å². The maximum atomic E-state index is 3.65. The van der Waals surface area contributed by atoms with Crippen molar-refractivity contribution in [2.45, 2.75) is 60.0 Å². The van der Waals surface area contributed by atoms with Crippen LogP contribution >= 0.6 is 0 Å². The minimum absolute atomic E-state index is 0.384. The molecule has 0 radical (unpaired) electrons. The van der Waals surface area contributed by atoms with Crippen LogP contribution in [0.5, 0.6) is 0 Å². The number of benzene rings is 1. The zero-order valence-corrected chi connectivity index (χ0v) is 14.7. The Bertz CT molecular complexity index is 368. The molecule has 1 aromatic carbocycles. The van der Waals surface area contributed by atoms with Gasteiger partial charge in [0.05, 0.1) is 0 Å². The third-order valence-electron chi connectivity index (χ3n) is 4.64. The zero-order chi connectivity index (χ0) is 15.7. The summed E-state index contributed by atoms with van der Waals surface area (Å²) in [6.45, 7) is 15.9. The molecule has 0 aliphatic carbocycles. The number of hydrogen-bond acceptors (Lipinski definition) is 2. The highest BCUT2D eigenvalue weighted by Crippen LogP contribution is 2.27. The molecular formula is C19H34N2. The van der Waals surface area contributed by atoms with E-state index < -0.39 is 0 Å². The van der Waals surface area contributed by atoms with Gasteiger partial charge in [-0.05, 0) is 30.4 Å². The molecule has 2 nitrogen and oxygen atoms in total. The average Bonchev–Trinajstić information content (AvgIpc) is 2.51. The van der Waals surface area contributed by atoms with Crippen LogP contribution in [0.15, 0.2) is 30.3 Å². The molecule has 1 N–H and O–H groups in total. The summed E-state index contributed by atoms with van der Waals surface area (Å²) in [6.07, 6.45) is 2.46. The normalized spacial score (nSPS) is 12.3. The van der Waals surface area contributed by atoms with Crippen molar-refractivity contribution >= 4 is 0 Å². The van der Waals surface area contributed by atoms with Gasteiger partial charge in [-0.1, -0.05) is 65.0 Å². The first kappa shape index (κ1) is 18.2. The van der Waals surface area contributed by atoms with Crippen molar-refractivity contribution in [2.24, 2.45) is 5.41 Å². The van der Waals surface area contributed by atoms with E-state index in [1.807, 2.05) is 0 Å². The van der Waals surface area contributed by atoms with E-state index in [0.717, 1.165) is 19.6 Å². The molecule has 1 aromatic rings. The number of hydrogen-bond donors (Lipinski definition) is 1. The number of rotatable bonds is 10. The molecule has 0 unspecified atom stereocenters. The van der Waals surface area contributed by atoms with Crippen molar-refractivity contribution in [3.05, 3.63) is 35.9 Å². The lowest BCUT2D eigenvalue weighted by Gasteiger charge is -2.38. The van der Waals surface area contributed by atoms with Crippen LogP contribution in [-0.2, 0) is 6.54 Å². The summed E-state index contributed by atoms with van der Waals surface area (Å²) in [4.78, 5) is 2.59. The Hall–Kier alpha value is -0.860. The Morgan fingerprint density at radius 1 is 1.05 bits per heavy atom. The van der Waals surface area contributed by atoms with Gasteiger partial charge in [0.1, 0.15) is 0 Å². The van der Waals surface area contributed by atoms with Crippen molar-refractivity contribution in [3.63, 3.8) is 0 Å². The fourth-order valence-electron chi connectivity index (χ4n) is 2.80. The molecular weight excluding hydrogens is 256 g/mol. The molecule has 120 valence electrons. The molecule has 0 bridgehead atoms. The van der Waals surface area contributed by atoms with Gasteiger partial charge in [0, 0.05) is 25.7 Å². The summed E-state index contributed by atoms with van der Waals surface area (Å²) in [5, 5.41) is 3.65. The molecule has 0 amide bonds. The van der Waals surface area contributed by atoms with Crippen LogP contribution in [0.3, 0.4) is 0 Å². The summed E-state index contributed by atoms with van der Waals surface area (Å²) in [5.41, 5.74) is 1.80. The topological polar surface area (TPSA) is 15.3 Å². The average molecular weight is 290 g/mol. The summed E-state index contributed by atoms with van der Waals surface area (Å²) < 4.78 is 0. The predicted molar refractivity (Wildman–Crippen MR) is 93.5 cm³/mol. The van der Waals surface area contributed by atoms with E-state index in [1.54, 1.807) is 0 Å². The molecule has 0 spiro atoms. The maximum absolute atomic E-state index is 3.65. The molecule has 0 aromatic heterocycles. The first-order chi connectivity index (χ1) is 10.0. The van der Waals surface area contributed by atoms with Crippen LogP contribution < -0.4 is 5.32 Å². The van der Waals surface area contributed by atoms with Gasteiger partial charge in [0.15, 0.2) is 0 Å². The second kappa shape index (κ2) is 9.22. The molecule has 0 fully saturated rings. The largest absolute Gasteiger partial charge is 0.314 e. The molecule has 0 saturated heterocycles. The van der Waals surface area contributed by atoms with Crippen molar-refractivity contribution in [1.29, 1.82) is 0 Å². The SMILES string of the molecule is CCN(Cc1ccccc1)CC(CC)(CC)CNC(C)C. The van der Waals surface area contributed by atoms with E-state index in [4.69, 9.17) is 0 Å². The first-order valence-electron chi connectivity index (χ1n) is 8.55. The van der Waals surface area contributed by atoms with Crippen LogP contribution in [0.1, 0.15) is 53.0 Å². The minimum atomic E-state index is 0.384. The van der Waals surface area contributed by atoms with Gasteiger partial charge in [0.25, 0.3) is 0 Å². The van der Waals surface area contributed by atoms with Gasteiger partial charge >= 0.3 is 0 Å². The third-order valence-corrected chi connectivity index (χ3v) is 4.64. The second-order valence-electron chi connectivity index (χ2n) is 6.53. The fourth-order valence-corrected chi connectivity index (χ4v) is 2.80. The Labute approximate surface area is 131 Å².